The van der Waals surface area contributed by atoms with Crippen LogP contribution in [0.3, 0.4) is 0 Å². The van der Waals surface area contributed by atoms with Crippen LogP contribution in [0.1, 0.15) is 44.0 Å². The molecule has 2 N–H and O–H groups in total. The van der Waals surface area contributed by atoms with Crippen molar-refractivity contribution in [1.82, 2.24) is 25.4 Å². The van der Waals surface area contributed by atoms with Gasteiger partial charge in [-0.25, -0.2) is 4.98 Å². The van der Waals surface area contributed by atoms with Gasteiger partial charge in [0.1, 0.15) is 18.8 Å². The number of hydrogen-bond donors (Lipinski definition) is 2. The number of ether oxygens (including phenoxy) is 1. The van der Waals surface area contributed by atoms with Gasteiger partial charge >= 0.3 is 5.97 Å². The molecule has 0 spiro atoms. The number of nitrogens with zero attached hydrogens (tertiary/aromatic N) is 3. The number of halogens is 2. The van der Waals surface area contributed by atoms with Crippen molar-refractivity contribution < 1.29 is 14.3 Å². The number of hydrogen-bond acceptors (Lipinski definition) is 6. The van der Waals surface area contributed by atoms with Gasteiger partial charge in [-0.3, -0.25) is 14.3 Å². The van der Waals surface area contributed by atoms with Crippen LogP contribution in [0, 0.1) is 5.41 Å². The van der Waals surface area contributed by atoms with Crippen molar-refractivity contribution in [3.63, 3.8) is 0 Å². The van der Waals surface area contributed by atoms with Gasteiger partial charge in [-0.15, -0.1) is 0 Å². The van der Waals surface area contributed by atoms with E-state index in [0.29, 0.717) is 35.1 Å². The molecule has 2 heterocycles. The number of carbonyl (C=O) groups is 2. The van der Waals surface area contributed by atoms with Gasteiger partial charge in [0, 0.05) is 24.7 Å². The highest BCUT2D eigenvalue weighted by Gasteiger charge is 2.36. The van der Waals surface area contributed by atoms with Gasteiger partial charge in [0.05, 0.1) is 21.5 Å². The van der Waals surface area contributed by atoms with E-state index in [1.807, 2.05) is 0 Å². The predicted molar refractivity (Wildman–Crippen MR) is 118 cm³/mol. The van der Waals surface area contributed by atoms with Crippen molar-refractivity contribution in [3.8, 4) is 0 Å². The number of rotatable bonds is 6. The fourth-order valence-corrected chi connectivity index (χ4v) is 3.60. The Morgan fingerprint density at radius 1 is 1.29 bits per heavy atom. The topological polar surface area (TPSA) is 98.1 Å². The number of aromatic nitrogens is 3. The van der Waals surface area contributed by atoms with Crippen LogP contribution in [0.2, 0.25) is 10.0 Å². The maximum absolute atomic E-state index is 12.9. The number of aryl methyl sites for hydroxylation is 1. The lowest BCUT2D eigenvalue weighted by Gasteiger charge is -2.38. The number of piperidine rings is 1. The molecule has 8 nitrogen and oxygen atoms in total. The predicted octanol–water partition coefficient (Wildman–Crippen LogP) is 3.09. The van der Waals surface area contributed by atoms with Crippen LogP contribution in [0.15, 0.2) is 30.9 Å². The zero-order valence-corrected chi connectivity index (χ0v) is 19.3. The van der Waals surface area contributed by atoms with Crippen molar-refractivity contribution in [2.75, 3.05) is 6.54 Å². The second-order valence-electron chi connectivity index (χ2n) is 8.69. The Labute approximate surface area is 191 Å². The first kappa shape index (κ1) is 23.5. The number of carbonyl (C=O) groups excluding carboxylic acids is 2. The van der Waals surface area contributed by atoms with Gasteiger partial charge in [0.2, 0.25) is 0 Å². The van der Waals surface area contributed by atoms with Gasteiger partial charge in [-0.05, 0) is 51.8 Å². The molecule has 0 bridgehead atoms. The second kappa shape index (κ2) is 9.97. The lowest BCUT2D eigenvalue weighted by molar-refractivity contribution is -0.161. The Bertz CT molecular complexity index is 914. The number of nitrogens with one attached hydrogen (secondary N) is 2. The smallest absolute Gasteiger partial charge is 0.311 e. The van der Waals surface area contributed by atoms with E-state index in [1.165, 1.54) is 12.4 Å². The van der Waals surface area contributed by atoms with E-state index in [-0.39, 0.29) is 24.0 Å². The Kier molecular flexibility index (Phi) is 7.56. The molecule has 0 saturated carbocycles. The summed E-state index contributed by atoms with van der Waals surface area (Å²) in [5.74, 6) is -0.605. The molecule has 0 aliphatic carbocycles. The average molecular weight is 468 g/mol. The quantitative estimate of drug-likeness (QED) is 0.633. The highest BCUT2D eigenvalue weighted by Crippen LogP contribution is 2.24. The van der Waals surface area contributed by atoms with Crippen LogP contribution in [-0.4, -0.2) is 51.4 Å². The van der Waals surface area contributed by atoms with E-state index in [9.17, 15) is 9.59 Å². The average Bonchev–Trinajstić information content (AvgIpc) is 3.23. The summed E-state index contributed by atoms with van der Waals surface area (Å²) in [6.07, 6.45) is 4.07. The number of amides is 1. The zero-order valence-electron chi connectivity index (χ0n) is 17.8. The third-order valence-electron chi connectivity index (χ3n) is 5.14. The Balaban J connectivity index is 1.70. The normalized spacial score (nSPS) is 21.5. The summed E-state index contributed by atoms with van der Waals surface area (Å²) >= 11 is 12.0. The Hall–Kier alpha value is -2.16. The molecule has 10 heteroatoms. The van der Waals surface area contributed by atoms with E-state index in [4.69, 9.17) is 27.9 Å². The minimum atomic E-state index is -0.637. The molecule has 1 fully saturated rings. The van der Waals surface area contributed by atoms with E-state index < -0.39 is 11.5 Å². The number of esters is 1. The first-order valence-corrected chi connectivity index (χ1v) is 10.9. The summed E-state index contributed by atoms with van der Waals surface area (Å²) in [7, 11) is 0. The molecular formula is C21H27Cl2N5O3. The fraction of sp³-hybridized carbons (Fsp3) is 0.524. The summed E-state index contributed by atoms with van der Waals surface area (Å²) in [4.78, 5) is 29.3. The minimum Gasteiger partial charge on any atom is -0.458 e. The van der Waals surface area contributed by atoms with Crippen molar-refractivity contribution >= 4 is 35.1 Å². The summed E-state index contributed by atoms with van der Waals surface area (Å²) < 4.78 is 7.52. The summed E-state index contributed by atoms with van der Waals surface area (Å²) in [6.45, 7) is 6.54. The molecule has 2 aromatic rings. The van der Waals surface area contributed by atoms with Crippen LogP contribution in [0.4, 0.5) is 0 Å². The minimum absolute atomic E-state index is 0.118. The Morgan fingerprint density at radius 3 is 2.71 bits per heavy atom. The van der Waals surface area contributed by atoms with Crippen molar-refractivity contribution in [2.24, 2.45) is 5.41 Å². The maximum Gasteiger partial charge on any atom is 0.311 e. The van der Waals surface area contributed by atoms with E-state index in [0.717, 1.165) is 6.42 Å². The van der Waals surface area contributed by atoms with Gasteiger partial charge in [-0.1, -0.05) is 23.2 Å². The summed E-state index contributed by atoms with van der Waals surface area (Å²) in [5, 5.41) is 11.2. The third-order valence-corrected chi connectivity index (χ3v) is 5.88. The van der Waals surface area contributed by atoms with E-state index in [1.54, 1.807) is 43.9 Å². The first-order valence-electron chi connectivity index (χ1n) is 10.2. The fourth-order valence-electron chi connectivity index (χ4n) is 3.30. The lowest BCUT2D eigenvalue weighted by atomic mass is 9.93. The molecule has 3 rings (SSSR count). The molecule has 1 aromatic heterocycles. The van der Waals surface area contributed by atoms with E-state index in [2.05, 4.69) is 20.7 Å². The molecule has 168 valence electrons. The SMILES string of the molecule is CC(C)(C)C(=O)O[C@H]1CNC(CCn2cncn2)C[C@@H]1NC(=O)c1ccc(Cl)c(Cl)c1. The van der Waals surface area contributed by atoms with Crippen LogP contribution in [0.5, 0.6) is 0 Å². The highest BCUT2D eigenvalue weighted by atomic mass is 35.5. The van der Waals surface area contributed by atoms with Crippen molar-refractivity contribution in [3.05, 3.63) is 46.5 Å². The lowest BCUT2D eigenvalue weighted by Crippen LogP contribution is -2.58. The molecule has 1 unspecified atom stereocenters. The van der Waals surface area contributed by atoms with Crippen LogP contribution in [-0.2, 0) is 16.1 Å². The van der Waals surface area contributed by atoms with Crippen molar-refractivity contribution in [2.45, 2.75) is 58.3 Å². The molecule has 1 aromatic carbocycles. The Morgan fingerprint density at radius 2 is 2.06 bits per heavy atom. The van der Waals surface area contributed by atoms with Gasteiger partial charge in [0.15, 0.2) is 0 Å². The van der Waals surface area contributed by atoms with Crippen LogP contribution in [0.25, 0.3) is 0 Å². The maximum atomic E-state index is 12.9. The van der Waals surface area contributed by atoms with Gasteiger partial charge < -0.3 is 15.4 Å². The van der Waals surface area contributed by atoms with Gasteiger partial charge in [0.25, 0.3) is 5.91 Å². The van der Waals surface area contributed by atoms with Gasteiger partial charge in [-0.2, -0.15) is 5.10 Å². The summed E-state index contributed by atoms with van der Waals surface area (Å²) in [6, 6.07) is 4.49. The molecular weight excluding hydrogens is 441 g/mol. The second-order valence-corrected chi connectivity index (χ2v) is 9.51. The third kappa shape index (κ3) is 6.41. The molecule has 3 atom stereocenters. The van der Waals surface area contributed by atoms with Crippen LogP contribution >= 0.6 is 23.2 Å². The molecule has 0 radical (unpaired) electrons. The van der Waals surface area contributed by atoms with Crippen LogP contribution < -0.4 is 10.6 Å². The molecule has 1 saturated heterocycles. The monoisotopic (exact) mass is 467 g/mol. The zero-order chi connectivity index (χ0) is 22.6. The van der Waals surface area contributed by atoms with E-state index >= 15 is 0 Å². The summed E-state index contributed by atoms with van der Waals surface area (Å²) in [5.41, 5.74) is -0.240. The standard InChI is InChI=1S/C21H27Cl2N5O3/c1-21(2,3)20(30)31-18-10-25-14(6-7-28-12-24-11-26-28)9-17(18)27-19(29)13-4-5-15(22)16(23)8-13/h4-5,8,11-12,14,17-18,25H,6-7,9-10H2,1-3H3,(H,27,29)/t14?,17-,18-/m0/s1. The van der Waals surface area contributed by atoms with Crippen molar-refractivity contribution in [1.29, 1.82) is 0 Å². The molecule has 1 aliphatic rings. The molecule has 1 amide bonds. The largest absolute Gasteiger partial charge is 0.458 e. The highest BCUT2D eigenvalue weighted by molar-refractivity contribution is 6.42. The first-order chi connectivity index (χ1) is 14.6. The molecule has 31 heavy (non-hydrogen) atoms. The molecule has 1 aliphatic heterocycles. The number of benzene rings is 1.